The molecular formula is C22H36N4O2. The van der Waals surface area contributed by atoms with Crippen LogP contribution in [0.1, 0.15) is 43.2 Å². The van der Waals surface area contributed by atoms with Gasteiger partial charge in [0.25, 0.3) is 0 Å². The number of guanidine groups is 1. The number of aliphatic imine (C=N–C) groups is 1. The van der Waals surface area contributed by atoms with Crippen LogP contribution >= 0.6 is 0 Å². The van der Waals surface area contributed by atoms with Crippen molar-refractivity contribution in [1.29, 1.82) is 0 Å². The second-order valence-corrected chi connectivity index (χ2v) is 7.97. The molecule has 0 atom stereocenters. The molecule has 0 aromatic heterocycles. The summed E-state index contributed by atoms with van der Waals surface area (Å²) in [6.45, 7) is 7.50. The number of nitrogens with zero attached hydrogens (tertiary/aromatic N) is 2. The van der Waals surface area contributed by atoms with E-state index in [-0.39, 0.29) is 5.54 Å². The predicted octanol–water partition coefficient (Wildman–Crippen LogP) is 2.70. The zero-order chi connectivity index (χ0) is 19.8. The summed E-state index contributed by atoms with van der Waals surface area (Å²) in [6.07, 6.45) is 6.50. The minimum absolute atomic E-state index is 0.229. The van der Waals surface area contributed by atoms with Crippen molar-refractivity contribution in [3.63, 3.8) is 0 Å². The first-order valence-electron chi connectivity index (χ1n) is 10.6. The minimum atomic E-state index is 0.229. The van der Waals surface area contributed by atoms with Crippen molar-refractivity contribution in [2.45, 2.75) is 51.1 Å². The number of hydrogen-bond acceptors (Lipinski definition) is 4. The van der Waals surface area contributed by atoms with E-state index in [9.17, 15) is 0 Å². The van der Waals surface area contributed by atoms with Gasteiger partial charge >= 0.3 is 0 Å². The Morgan fingerprint density at radius 1 is 1.18 bits per heavy atom. The summed E-state index contributed by atoms with van der Waals surface area (Å²) in [6, 6.07) is 6.32. The molecule has 1 heterocycles. The van der Waals surface area contributed by atoms with Crippen molar-refractivity contribution in [1.82, 2.24) is 15.5 Å². The molecule has 1 saturated carbocycles. The van der Waals surface area contributed by atoms with Gasteiger partial charge in [-0.3, -0.25) is 9.89 Å². The number of morpholine rings is 1. The molecule has 1 saturated heterocycles. The predicted molar refractivity (Wildman–Crippen MR) is 114 cm³/mol. The number of ether oxygens (including phenoxy) is 2. The number of aryl methyl sites for hydroxylation is 1. The summed E-state index contributed by atoms with van der Waals surface area (Å²) in [5.74, 6) is 1.79. The van der Waals surface area contributed by atoms with Crippen molar-refractivity contribution in [3.05, 3.63) is 29.3 Å². The molecular weight excluding hydrogens is 352 g/mol. The largest absolute Gasteiger partial charge is 0.496 e. The number of rotatable bonds is 6. The summed E-state index contributed by atoms with van der Waals surface area (Å²) < 4.78 is 11.0. The third-order valence-electron chi connectivity index (χ3n) is 6.21. The van der Waals surface area contributed by atoms with Gasteiger partial charge in [-0.2, -0.15) is 0 Å². The molecule has 6 nitrogen and oxygen atoms in total. The van der Waals surface area contributed by atoms with Crippen LogP contribution in [0.4, 0.5) is 0 Å². The fourth-order valence-electron chi connectivity index (χ4n) is 4.48. The maximum atomic E-state index is 5.59. The van der Waals surface area contributed by atoms with Gasteiger partial charge in [0.1, 0.15) is 5.75 Å². The Labute approximate surface area is 169 Å². The molecule has 0 unspecified atom stereocenters. The summed E-state index contributed by atoms with van der Waals surface area (Å²) in [5, 5.41) is 7.07. The number of methoxy groups -OCH3 is 1. The molecule has 28 heavy (non-hydrogen) atoms. The molecule has 0 radical (unpaired) electrons. The van der Waals surface area contributed by atoms with Gasteiger partial charge in [-0.05, 0) is 37.0 Å². The number of benzene rings is 1. The van der Waals surface area contributed by atoms with Crippen LogP contribution < -0.4 is 15.4 Å². The van der Waals surface area contributed by atoms with Crippen LogP contribution in [0.5, 0.6) is 5.75 Å². The molecule has 2 fully saturated rings. The molecule has 1 aromatic rings. The Morgan fingerprint density at radius 2 is 1.93 bits per heavy atom. The van der Waals surface area contributed by atoms with E-state index >= 15 is 0 Å². The van der Waals surface area contributed by atoms with Crippen LogP contribution in [-0.2, 0) is 11.3 Å². The van der Waals surface area contributed by atoms with Gasteiger partial charge in [-0.15, -0.1) is 0 Å². The molecule has 2 N–H and O–H groups in total. The van der Waals surface area contributed by atoms with Crippen LogP contribution in [0.15, 0.2) is 23.2 Å². The van der Waals surface area contributed by atoms with Gasteiger partial charge in [0, 0.05) is 38.8 Å². The smallest absolute Gasteiger partial charge is 0.191 e. The van der Waals surface area contributed by atoms with Crippen molar-refractivity contribution in [3.8, 4) is 5.75 Å². The molecule has 1 aromatic carbocycles. The summed E-state index contributed by atoms with van der Waals surface area (Å²) in [4.78, 5) is 7.10. The molecule has 2 aliphatic rings. The molecule has 0 spiro atoms. The Bertz CT molecular complexity index is 650. The number of hydrogen-bond donors (Lipinski definition) is 2. The fraction of sp³-hybridized carbons (Fsp3) is 0.682. The average molecular weight is 389 g/mol. The van der Waals surface area contributed by atoms with E-state index in [4.69, 9.17) is 9.47 Å². The minimum Gasteiger partial charge on any atom is -0.496 e. The van der Waals surface area contributed by atoms with Gasteiger partial charge in [0.2, 0.25) is 0 Å². The summed E-state index contributed by atoms with van der Waals surface area (Å²) >= 11 is 0. The lowest BCUT2D eigenvalue weighted by Crippen LogP contribution is -2.60. The first-order valence-corrected chi connectivity index (χ1v) is 10.6. The topological polar surface area (TPSA) is 58.1 Å². The van der Waals surface area contributed by atoms with Gasteiger partial charge in [-0.1, -0.05) is 31.4 Å². The van der Waals surface area contributed by atoms with Gasteiger partial charge < -0.3 is 20.1 Å². The SMILES string of the molecule is CN=C(NCc1ccc(C)c(OC)c1)NCC1(N2CCOCC2)CCCCC1. The second kappa shape index (κ2) is 10.1. The Morgan fingerprint density at radius 3 is 2.61 bits per heavy atom. The van der Waals surface area contributed by atoms with E-state index < -0.39 is 0 Å². The number of nitrogens with one attached hydrogen (secondary N) is 2. The third kappa shape index (κ3) is 5.17. The first-order chi connectivity index (χ1) is 13.7. The molecule has 0 bridgehead atoms. The lowest BCUT2D eigenvalue weighted by molar-refractivity contribution is -0.0352. The fourth-order valence-corrected chi connectivity index (χ4v) is 4.48. The summed E-state index contributed by atoms with van der Waals surface area (Å²) in [7, 11) is 3.56. The second-order valence-electron chi connectivity index (χ2n) is 7.97. The van der Waals surface area contributed by atoms with Crippen LogP contribution in [-0.4, -0.2) is 63.4 Å². The first kappa shape index (κ1) is 20.9. The van der Waals surface area contributed by atoms with Crippen LogP contribution in [0.25, 0.3) is 0 Å². The third-order valence-corrected chi connectivity index (χ3v) is 6.21. The zero-order valence-electron chi connectivity index (χ0n) is 17.7. The van der Waals surface area contributed by atoms with E-state index in [1.807, 2.05) is 7.05 Å². The van der Waals surface area contributed by atoms with Crippen LogP contribution in [0, 0.1) is 6.92 Å². The van der Waals surface area contributed by atoms with Crippen molar-refractivity contribution in [2.75, 3.05) is 47.0 Å². The van der Waals surface area contributed by atoms with E-state index in [0.717, 1.165) is 56.7 Å². The highest BCUT2D eigenvalue weighted by molar-refractivity contribution is 5.79. The molecule has 156 valence electrons. The Balaban J connectivity index is 1.58. The van der Waals surface area contributed by atoms with Gasteiger partial charge in [0.05, 0.1) is 20.3 Å². The van der Waals surface area contributed by atoms with Gasteiger partial charge in [-0.25, -0.2) is 0 Å². The highest BCUT2D eigenvalue weighted by Gasteiger charge is 2.38. The quantitative estimate of drug-likeness (QED) is 0.580. The van der Waals surface area contributed by atoms with Crippen molar-refractivity contribution >= 4 is 5.96 Å². The van der Waals surface area contributed by atoms with E-state index in [0.29, 0.717) is 0 Å². The highest BCUT2D eigenvalue weighted by Crippen LogP contribution is 2.33. The Kier molecular flexibility index (Phi) is 7.57. The molecule has 1 aliphatic heterocycles. The maximum absolute atomic E-state index is 5.59. The van der Waals surface area contributed by atoms with E-state index in [1.54, 1.807) is 7.11 Å². The molecule has 3 rings (SSSR count). The molecule has 6 heteroatoms. The van der Waals surface area contributed by atoms with E-state index in [2.05, 4.69) is 45.6 Å². The monoisotopic (exact) mass is 388 g/mol. The Hall–Kier alpha value is -1.79. The average Bonchev–Trinajstić information content (AvgIpc) is 2.76. The molecule has 0 amide bonds. The standard InChI is InChI=1S/C22H36N4O2/c1-18-7-8-19(15-20(18)27-3)16-24-21(23-2)25-17-22(9-5-4-6-10-22)26-11-13-28-14-12-26/h7-8,15H,4-6,9-14,16-17H2,1-3H3,(H2,23,24,25). The normalized spacial score (nSPS) is 20.6. The molecule has 1 aliphatic carbocycles. The van der Waals surface area contributed by atoms with Crippen molar-refractivity contribution < 1.29 is 9.47 Å². The van der Waals surface area contributed by atoms with E-state index in [1.165, 1.54) is 37.7 Å². The lowest BCUT2D eigenvalue weighted by Gasteiger charge is -2.48. The summed E-state index contributed by atoms with van der Waals surface area (Å²) in [5.41, 5.74) is 2.57. The maximum Gasteiger partial charge on any atom is 0.191 e. The highest BCUT2D eigenvalue weighted by atomic mass is 16.5. The van der Waals surface area contributed by atoms with Gasteiger partial charge in [0.15, 0.2) is 5.96 Å². The van der Waals surface area contributed by atoms with Crippen molar-refractivity contribution in [2.24, 2.45) is 4.99 Å². The van der Waals surface area contributed by atoms with Crippen LogP contribution in [0.2, 0.25) is 0 Å². The lowest BCUT2D eigenvalue weighted by atomic mass is 9.80. The zero-order valence-corrected chi connectivity index (χ0v) is 17.7. The van der Waals surface area contributed by atoms with Crippen LogP contribution in [0.3, 0.4) is 0 Å².